The molecule has 4 rings (SSSR count). The second-order valence-corrected chi connectivity index (χ2v) is 7.81. The molecule has 5 nitrogen and oxygen atoms in total. The standard InChI is InChI=1S/C22H18ClIN4O/c1-14(27-20-11-16(12-24)25-13-26-20)19-10-15-6-5-9-18(23)21(15)22(29)28(19)17-7-3-2-4-8-17/h2-11,13-14H,12H2,1H3,(H,25,26,27)/t14-/m0/s1. The molecule has 0 saturated heterocycles. The Morgan fingerprint density at radius 2 is 1.90 bits per heavy atom. The second kappa shape index (κ2) is 8.51. The minimum Gasteiger partial charge on any atom is -0.362 e. The Kier molecular flexibility index (Phi) is 5.82. The summed E-state index contributed by atoms with van der Waals surface area (Å²) in [5.41, 5.74) is 2.42. The summed E-state index contributed by atoms with van der Waals surface area (Å²) in [5, 5.41) is 5.18. The van der Waals surface area contributed by atoms with Crippen molar-refractivity contribution >= 4 is 50.8 Å². The summed E-state index contributed by atoms with van der Waals surface area (Å²) in [7, 11) is 0. The van der Waals surface area contributed by atoms with Gasteiger partial charge in [0.05, 0.1) is 22.1 Å². The maximum Gasteiger partial charge on any atom is 0.264 e. The van der Waals surface area contributed by atoms with Crippen LogP contribution in [-0.4, -0.2) is 14.5 Å². The fourth-order valence-electron chi connectivity index (χ4n) is 3.35. The third-order valence-electron chi connectivity index (χ3n) is 4.71. The molecule has 0 bridgehead atoms. The predicted octanol–water partition coefficient (Wildman–Crippen LogP) is 5.54. The van der Waals surface area contributed by atoms with Gasteiger partial charge < -0.3 is 5.32 Å². The summed E-state index contributed by atoms with van der Waals surface area (Å²) < 4.78 is 2.51. The molecule has 146 valence electrons. The largest absolute Gasteiger partial charge is 0.362 e. The van der Waals surface area contributed by atoms with Crippen molar-refractivity contribution in [2.24, 2.45) is 0 Å². The van der Waals surface area contributed by atoms with Crippen molar-refractivity contribution in [2.75, 3.05) is 5.32 Å². The van der Waals surface area contributed by atoms with Gasteiger partial charge in [-0.05, 0) is 36.6 Å². The number of benzene rings is 2. The Morgan fingerprint density at radius 1 is 1.10 bits per heavy atom. The van der Waals surface area contributed by atoms with Gasteiger partial charge in [0.1, 0.15) is 12.1 Å². The van der Waals surface area contributed by atoms with E-state index in [0.29, 0.717) is 10.4 Å². The molecule has 0 saturated carbocycles. The third kappa shape index (κ3) is 4.00. The number of hydrogen-bond donors (Lipinski definition) is 1. The van der Waals surface area contributed by atoms with Crippen LogP contribution in [0.5, 0.6) is 0 Å². The minimum atomic E-state index is -0.178. The van der Waals surface area contributed by atoms with Crippen LogP contribution in [0.15, 0.2) is 71.8 Å². The van der Waals surface area contributed by atoms with E-state index in [4.69, 9.17) is 11.6 Å². The van der Waals surface area contributed by atoms with Crippen LogP contribution in [0.4, 0.5) is 5.82 Å². The smallest absolute Gasteiger partial charge is 0.264 e. The minimum absolute atomic E-state index is 0.140. The van der Waals surface area contributed by atoms with Crippen LogP contribution in [0.1, 0.15) is 24.4 Å². The van der Waals surface area contributed by atoms with Crippen molar-refractivity contribution in [3.63, 3.8) is 0 Å². The van der Waals surface area contributed by atoms with Gasteiger partial charge in [-0.15, -0.1) is 0 Å². The van der Waals surface area contributed by atoms with Crippen LogP contribution in [0, 0.1) is 0 Å². The van der Waals surface area contributed by atoms with Gasteiger partial charge in [-0.1, -0.05) is 64.5 Å². The van der Waals surface area contributed by atoms with Crippen LogP contribution in [0.25, 0.3) is 16.5 Å². The van der Waals surface area contributed by atoms with Crippen LogP contribution in [0.2, 0.25) is 5.02 Å². The Morgan fingerprint density at radius 3 is 2.66 bits per heavy atom. The molecule has 0 aliphatic rings. The number of pyridine rings is 1. The van der Waals surface area contributed by atoms with Crippen molar-refractivity contribution in [3.05, 3.63) is 93.8 Å². The molecule has 0 aliphatic heterocycles. The van der Waals surface area contributed by atoms with Crippen LogP contribution in [-0.2, 0) is 4.43 Å². The summed E-state index contributed by atoms with van der Waals surface area (Å²) in [4.78, 5) is 22.0. The van der Waals surface area contributed by atoms with Crippen molar-refractivity contribution < 1.29 is 0 Å². The molecule has 2 aromatic carbocycles. The number of fused-ring (bicyclic) bond motifs is 1. The molecule has 0 amide bonds. The number of aromatic nitrogens is 3. The highest BCUT2D eigenvalue weighted by molar-refractivity contribution is 14.1. The summed E-state index contributed by atoms with van der Waals surface area (Å²) in [6.07, 6.45) is 1.55. The van der Waals surface area contributed by atoms with Gasteiger partial charge in [-0.25, -0.2) is 9.97 Å². The van der Waals surface area contributed by atoms with E-state index in [1.165, 1.54) is 0 Å². The van der Waals surface area contributed by atoms with E-state index in [9.17, 15) is 4.79 Å². The third-order valence-corrected chi connectivity index (χ3v) is 5.80. The predicted molar refractivity (Wildman–Crippen MR) is 126 cm³/mol. The van der Waals surface area contributed by atoms with Gasteiger partial charge in [0, 0.05) is 21.9 Å². The lowest BCUT2D eigenvalue weighted by Crippen LogP contribution is -2.25. The van der Waals surface area contributed by atoms with Gasteiger partial charge >= 0.3 is 0 Å². The van der Waals surface area contributed by atoms with Gasteiger partial charge in [-0.2, -0.15) is 0 Å². The maximum atomic E-state index is 13.5. The number of nitrogens with zero attached hydrogens (tertiary/aromatic N) is 3. The molecule has 2 heterocycles. The van der Waals surface area contributed by atoms with Crippen molar-refractivity contribution in [3.8, 4) is 5.69 Å². The Balaban J connectivity index is 1.89. The monoisotopic (exact) mass is 516 g/mol. The molecule has 0 aliphatic carbocycles. The number of hydrogen-bond acceptors (Lipinski definition) is 4. The molecule has 29 heavy (non-hydrogen) atoms. The zero-order valence-corrected chi connectivity index (χ0v) is 18.6. The van der Waals surface area contributed by atoms with E-state index < -0.39 is 0 Å². The number of anilines is 1. The summed E-state index contributed by atoms with van der Waals surface area (Å²) in [5.74, 6) is 0.720. The van der Waals surface area contributed by atoms with Gasteiger partial charge in [0.2, 0.25) is 0 Å². The number of rotatable bonds is 5. The zero-order chi connectivity index (χ0) is 20.4. The molecule has 2 aromatic heterocycles. The first kappa shape index (κ1) is 19.8. The molecule has 7 heteroatoms. The van der Waals surface area contributed by atoms with E-state index in [1.54, 1.807) is 17.0 Å². The van der Waals surface area contributed by atoms with E-state index in [0.717, 1.165) is 32.7 Å². The van der Waals surface area contributed by atoms with Crippen LogP contribution < -0.4 is 10.9 Å². The summed E-state index contributed by atoms with van der Waals surface area (Å²) in [6.45, 7) is 2.01. The van der Waals surface area contributed by atoms with Gasteiger partial charge in [-0.3, -0.25) is 9.36 Å². The molecule has 1 atom stereocenters. The first-order chi connectivity index (χ1) is 14.1. The van der Waals surface area contributed by atoms with Crippen molar-refractivity contribution in [2.45, 2.75) is 17.4 Å². The molecule has 0 unspecified atom stereocenters. The normalized spacial score (nSPS) is 12.1. The first-order valence-corrected chi connectivity index (χ1v) is 11.0. The number of nitrogens with one attached hydrogen (secondary N) is 1. The quantitative estimate of drug-likeness (QED) is 0.279. The Bertz CT molecular complexity index is 1230. The SMILES string of the molecule is C[C@H](Nc1cc(CI)ncn1)c1cc2cccc(Cl)c2c(=O)n1-c1ccccc1. The van der Waals surface area contributed by atoms with Gasteiger partial charge in [0.25, 0.3) is 5.56 Å². The van der Waals surface area contributed by atoms with E-state index in [-0.39, 0.29) is 11.6 Å². The molecule has 1 N–H and O–H groups in total. The summed E-state index contributed by atoms with van der Waals surface area (Å²) in [6, 6.07) is 18.9. The fourth-order valence-corrected chi connectivity index (χ4v) is 4.03. The molecule has 0 radical (unpaired) electrons. The highest BCUT2D eigenvalue weighted by Gasteiger charge is 2.18. The van der Waals surface area contributed by atoms with E-state index in [1.807, 2.05) is 61.5 Å². The Labute approximate surface area is 186 Å². The average Bonchev–Trinajstić information content (AvgIpc) is 2.74. The second-order valence-electron chi connectivity index (χ2n) is 6.64. The zero-order valence-electron chi connectivity index (χ0n) is 15.6. The number of alkyl halides is 1. The average molecular weight is 517 g/mol. The lowest BCUT2D eigenvalue weighted by atomic mass is 10.1. The van der Waals surface area contributed by atoms with E-state index in [2.05, 4.69) is 37.9 Å². The fraction of sp³-hybridized carbons (Fsp3) is 0.136. The molecular formula is C22H18ClIN4O. The van der Waals surface area contributed by atoms with Crippen molar-refractivity contribution in [1.29, 1.82) is 0 Å². The first-order valence-electron chi connectivity index (χ1n) is 9.11. The van der Waals surface area contributed by atoms with Crippen LogP contribution in [0.3, 0.4) is 0 Å². The lowest BCUT2D eigenvalue weighted by Gasteiger charge is -2.21. The van der Waals surface area contributed by atoms with Gasteiger partial charge in [0.15, 0.2) is 0 Å². The molecule has 4 aromatic rings. The topological polar surface area (TPSA) is 59.8 Å². The molecule has 0 fully saturated rings. The highest BCUT2D eigenvalue weighted by atomic mass is 127. The molecular weight excluding hydrogens is 499 g/mol. The molecule has 0 spiro atoms. The van der Waals surface area contributed by atoms with Crippen molar-refractivity contribution in [1.82, 2.24) is 14.5 Å². The Hall–Kier alpha value is -2.45. The lowest BCUT2D eigenvalue weighted by molar-refractivity contribution is 0.772. The van der Waals surface area contributed by atoms with Crippen LogP contribution >= 0.6 is 34.2 Å². The summed E-state index contributed by atoms with van der Waals surface area (Å²) >= 11 is 8.64. The number of para-hydroxylation sites is 1. The maximum absolute atomic E-state index is 13.5. The highest BCUT2D eigenvalue weighted by Crippen LogP contribution is 2.27. The van der Waals surface area contributed by atoms with E-state index >= 15 is 0 Å². The number of halogens is 2.